The highest BCUT2D eigenvalue weighted by molar-refractivity contribution is 7.89. The maximum absolute atomic E-state index is 12.7. The first kappa shape index (κ1) is 14.6. The van der Waals surface area contributed by atoms with E-state index in [9.17, 15) is 8.42 Å². The lowest BCUT2D eigenvalue weighted by molar-refractivity contribution is 0.379. The summed E-state index contributed by atoms with van der Waals surface area (Å²) >= 11 is 5.94. The van der Waals surface area contributed by atoms with Crippen LogP contribution in [0.5, 0.6) is 0 Å². The third-order valence-corrected chi connectivity index (χ3v) is 6.04. The molecule has 4 nitrogen and oxygen atoms in total. The van der Waals surface area contributed by atoms with Gasteiger partial charge in [0.1, 0.15) is 0 Å². The number of rotatable bonds is 3. The molecule has 1 fully saturated rings. The minimum atomic E-state index is -3.51. The van der Waals surface area contributed by atoms with Gasteiger partial charge in [-0.25, -0.2) is 8.42 Å². The number of nitrogens with zero attached hydrogens (tertiary/aromatic N) is 1. The second kappa shape index (κ2) is 5.31. The predicted octanol–water partition coefficient (Wildman–Crippen LogP) is 2.79. The van der Waals surface area contributed by atoms with E-state index in [4.69, 9.17) is 17.3 Å². The normalized spacial score (nSPS) is 20.9. The molecule has 6 heteroatoms. The number of hydrogen-bond donors (Lipinski definition) is 1. The summed E-state index contributed by atoms with van der Waals surface area (Å²) in [4.78, 5) is 0.234. The third kappa shape index (κ3) is 2.59. The van der Waals surface area contributed by atoms with Crippen molar-refractivity contribution in [2.45, 2.75) is 44.0 Å². The van der Waals surface area contributed by atoms with Crippen molar-refractivity contribution >= 4 is 27.3 Å². The molecule has 19 heavy (non-hydrogen) atoms. The Morgan fingerprint density at radius 1 is 1.47 bits per heavy atom. The van der Waals surface area contributed by atoms with Crippen molar-refractivity contribution < 1.29 is 8.42 Å². The van der Waals surface area contributed by atoms with Crippen LogP contribution in [0.15, 0.2) is 17.0 Å². The van der Waals surface area contributed by atoms with Crippen LogP contribution in [0.1, 0.15) is 31.7 Å². The van der Waals surface area contributed by atoms with Crippen LogP contribution in [0.2, 0.25) is 5.02 Å². The van der Waals surface area contributed by atoms with E-state index in [1.807, 2.05) is 6.92 Å². The van der Waals surface area contributed by atoms with Crippen LogP contribution in [0.25, 0.3) is 0 Å². The topological polar surface area (TPSA) is 63.4 Å². The number of nitrogens with two attached hydrogens (primary N) is 1. The quantitative estimate of drug-likeness (QED) is 0.873. The molecule has 0 saturated carbocycles. The van der Waals surface area contributed by atoms with Gasteiger partial charge in [0, 0.05) is 23.3 Å². The van der Waals surface area contributed by atoms with Crippen LogP contribution in [0.4, 0.5) is 5.69 Å². The summed E-state index contributed by atoms with van der Waals surface area (Å²) in [5, 5.41) is 0.355. The molecule has 1 aliphatic heterocycles. The molecule has 0 aromatic heterocycles. The maximum atomic E-state index is 12.7. The average molecular weight is 303 g/mol. The van der Waals surface area contributed by atoms with Crippen molar-refractivity contribution in [3.05, 3.63) is 22.7 Å². The number of sulfonamides is 1. The van der Waals surface area contributed by atoms with E-state index in [2.05, 4.69) is 0 Å². The van der Waals surface area contributed by atoms with Crippen LogP contribution < -0.4 is 5.73 Å². The molecule has 0 radical (unpaired) electrons. The number of anilines is 1. The Labute approximate surface area is 119 Å². The first-order valence-electron chi connectivity index (χ1n) is 6.45. The number of halogens is 1. The second-order valence-corrected chi connectivity index (χ2v) is 7.23. The first-order chi connectivity index (χ1) is 8.87. The predicted molar refractivity (Wildman–Crippen MR) is 77.8 cm³/mol. The fourth-order valence-corrected chi connectivity index (χ4v) is 4.94. The molecule has 106 valence electrons. The molecule has 2 rings (SSSR count). The smallest absolute Gasteiger partial charge is 0.243 e. The second-order valence-electron chi connectivity index (χ2n) is 4.94. The zero-order valence-corrected chi connectivity index (χ0v) is 12.8. The van der Waals surface area contributed by atoms with Crippen molar-refractivity contribution in [3.63, 3.8) is 0 Å². The molecule has 1 aliphatic rings. The van der Waals surface area contributed by atoms with E-state index in [1.54, 1.807) is 17.3 Å². The Balaban J connectivity index is 2.51. The van der Waals surface area contributed by atoms with Crippen LogP contribution in [-0.2, 0) is 10.0 Å². The molecule has 0 aliphatic carbocycles. The van der Waals surface area contributed by atoms with Crippen LogP contribution in [0.3, 0.4) is 0 Å². The minimum Gasteiger partial charge on any atom is -0.398 e. The Hall–Kier alpha value is -0.780. The largest absolute Gasteiger partial charge is 0.398 e. The third-order valence-electron chi connectivity index (χ3n) is 3.75. The summed E-state index contributed by atoms with van der Waals surface area (Å²) < 4.78 is 27.1. The summed E-state index contributed by atoms with van der Waals surface area (Å²) in [6.45, 7) is 4.31. The number of hydrogen-bond acceptors (Lipinski definition) is 3. The lowest BCUT2D eigenvalue weighted by atomic mass is 10.2. The lowest BCUT2D eigenvalue weighted by Gasteiger charge is -2.24. The van der Waals surface area contributed by atoms with Gasteiger partial charge in [0.2, 0.25) is 10.0 Å². The molecule has 1 unspecified atom stereocenters. The summed E-state index contributed by atoms with van der Waals surface area (Å²) in [5.41, 5.74) is 6.81. The summed E-state index contributed by atoms with van der Waals surface area (Å²) in [6, 6.07) is 3.16. The Kier molecular flexibility index (Phi) is 4.08. The molecule has 1 aromatic carbocycles. The van der Waals surface area contributed by atoms with Crippen molar-refractivity contribution in [2.75, 3.05) is 12.3 Å². The van der Waals surface area contributed by atoms with Crippen LogP contribution >= 0.6 is 11.6 Å². The van der Waals surface area contributed by atoms with Crippen molar-refractivity contribution in [2.24, 2.45) is 0 Å². The Morgan fingerprint density at radius 2 is 2.16 bits per heavy atom. The SMILES string of the molecule is CCC1CCCN1S(=O)(=O)c1cc(Cl)cc(N)c1C. The molecule has 0 spiro atoms. The molecule has 1 saturated heterocycles. The minimum absolute atomic E-state index is 0.0876. The van der Waals surface area contributed by atoms with Crippen LogP contribution in [-0.4, -0.2) is 25.3 Å². The summed E-state index contributed by atoms with van der Waals surface area (Å²) in [5.74, 6) is 0. The number of benzene rings is 1. The highest BCUT2D eigenvalue weighted by atomic mass is 35.5. The van der Waals surface area contributed by atoms with Gasteiger partial charge in [-0.05, 0) is 43.9 Å². The van der Waals surface area contributed by atoms with Gasteiger partial charge in [-0.15, -0.1) is 0 Å². The van der Waals surface area contributed by atoms with Gasteiger partial charge < -0.3 is 5.73 Å². The van der Waals surface area contributed by atoms with E-state index >= 15 is 0 Å². The molecule has 2 N–H and O–H groups in total. The maximum Gasteiger partial charge on any atom is 0.243 e. The van der Waals surface area contributed by atoms with Gasteiger partial charge in [0.15, 0.2) is 0 Å². The van der Waals surface area contributed by atoms with E-state index < -0.39 is 10.0 Å². The van der Waals surface area contributed by atoms with E-state index in [1.165, 1.54) is 6.07 Å². The summed E-state index contributed by atoms with van der Waals surface area (Å²) in [7, 11) is -3.51. The fraction of sp³-hybridized carbons (Fsp3) is 0.538. The average Bonchev–Trinajstić information content (AvgIpc) is 2.82. The standard InChI is InChI=1S/C13H19ClN2O2S/c1-3-11-5-4-6-16(11)19(17,18)13-8-10(14)7-12(15)9(13)2/h7-8,11H,3-6,15H2,1-2H3. The van der Waals surface area contributed by atoms with Crippen LogP contribution in [0, 0.1) is 6.92 Å². The lowest BCUT2D eigenvalue weighted by Crippen LogP contribution is -2.35. The van der Waals surface area contributed by atoms with Gasteiger partial charge >= 0.3 is 0 Å². The molecule has 0 amide bonds. The monoisotopic (exact) mass is 302 g/mol. The molecule has 1 heterocycles. The summed E-state index contributed by atoms with van der Waals surface area (Å²) in [6.07, 6.45) is 2.66. The van der Waals surface area contributed by atoms with Crippen molar-refractivity contribution in [3.8, 4) is 0 Å². The zero-order chi connectivity index (χ0) is 14.2. The number of nitrogen functional groups attached to an aromatic ring is 1. The van der Waals surface area contributed by atoms with Gasteiger partial charge in [0.25, 0.3) is 0 Å². The van der Waals surface area contributed by atoms with Gasteiger partial charge in [-0.1, -0.05) is 18.5 Å². The molecule has 1 atom stereocenters. The molecular formula is C13H19ClN2O2S. The van der Waals surface area contributed by atoms with Crippen molar-refractivity contribution in [1.82, 2.24) is 4.31 Å². The molecule has 0 bridgehead atoms. The van der Waals surface area contributed by atoms with Crippen molar-refractivity contribution in [1.29, 1.82) is 0 Å². The van der Waals surface area contributed by atoms with Gasteiger partial charge in [0.05, 0.1) is 4.90 Å². The zero-order valence-electron chi connectivity index (χ0n) is 11.2. The van der Waals surface area contributed by atoms with E-state index in [-0.39, 0.29) is 10.9 Å². The molecule has 1 aromatic rings. The van der Waals surface area contributed by atoms with E-state index in [0.717, 1.165) is 19.3 Å². The fourth-order valence-electron chi connectivity index (χ4n) is 2.60. The molecular weight excluding hydrogens is 284 g/mol. The highest BCUT2D eigenvalue weighted by Gasteiger charge is 2.35. The Morgan fingerprint density at radius 3 is 2.79 bits per heavy atom. The first-order valence-corrected chi connectivity index (χ1v) is 8.27. The van der Waals surface area contributed by atoms with E-state index in [0.29, 0.717) is 22.8 Å². The Bertz CT molecular complexity index is 587. The van der Waals surface area contributed by atoms with Gasteiger partial charge in [-0.3, -0.25) is 0 Å². The highest BCUT2D eigenvalue weighted by Crippen LogP contribution is 2.32. The van der Waals surface area contributed by atoms with Gasteiger partial charge in [-0.2, -0.15) is 4.31 Å².